The SMILES string of the molecule is CCCCC/C=C/C/C=C/C/C=C/CCCCCCCCCCCC(=O)OC(COCCC(C(=O)[O-])[N+](C)(C)C)COC(=O)CCCCCCC/C=C/CCCCC. The number of carboxylic acid groups (broad SMARTS) is 1. The molecule has 0 aromatic carbocycles. The molecule has 0 aromatic rings. The Bertz CT molecular complexity index is 1090. The fourth-order valence-electron chi connectivity index (χ4n) is 6.72. The summed E-state index contributed by atoms with van der Waals surface area (Å²) in [5.41, 5.74) is 0. The van der Waals surface area contributed by atoms with Gasteiger partial charge in [-0.25, -0.2) is 0 Å². The highest BCUT2D eigenvalue weighted by atomic mass is 16.6. The van der Waals surface area contributed by atoms with Gasteiger partial charge in [-0.3, -0.25) is 9.59 Å². The number of hydrogen-bond acceptors (Lipinski definition) is 7. The second-order valence-corrected chi connectivity index (χ2v) is 17.0. The first-order chi connectivity index (χ1) is 28.1. The Kier molecular flexibility index (Phi) is 39.1. The fraction of sp³-hybridized carbons (Fsp3) is 0.780. The van der Waals surface area contributed by atoms with Crippen molar-refractivity contribution in [2.45, 2.75) is 212 Å². The van der Waals surface area contributed by atoms with Gasteiger partial charge in [0.25, 0.3) is 0 Å². The number of rotatable bonds is 42. The van der Waals surface area contributed by atoms with Gasteiger partial charge in [0.05, 0.1) is 40.3 Å². The summed E-state index contributed by atoms with van der Waals surface area (Å²) in [6.45, 7) is 4.60. The maximum atomic E-state index is 12.7. The largest absolute Gasteiger partial charge is 0.544 e. The highest BCUT2D eigenvalue weighted by Crippen LogP contribution is 2.14. The molecule has 0 amide bonds. The van der Waals surface area contributed by atoms with Crippen LogP contribution in [0.25, 0.3) is 0 Å². The van der Waals surface area contributed by atoms with E-state index < -0.39 is 18.1 Å². The van der Waals surface area contributed by atoms with E-state index in [2.05, 4.69) is 62.5 Å². The summed E-state index contributed by atoms with van der Waals surface area (Å²) in [7, 11) is 5.40. The predicted octanol–water partition coefficient (Wildman–Crippen LogP) is 11.9. The van der Waals surface area contributed by atoms with Crippen molar-refractivity contribution in [2.24, 2.45) is 0 Å². The molecule has 0 aliphatic carbocycles. The van der Waals surface area contributed by atoms with Gasteiger partial charge < -0.3 is 28.6 Å². The average Bonchev–Trinajstić information content (AvgIpc) is 3.18. The van der Waals surface area contributed by atoms with Gasteiger partial charge in [-0.2, -0.15) is 0 Å². The van der Waals surface area contributed by atoms with Gasteiger partial charge in [0.1, 0.15) is 12.6 Å². The van der Waals surface area contributed by atoms with Crippen molar-refractivity contribution in [1.29, 1.82) is 0 Å². The molecule has 0 N–H and O–H groups in total. The number of aliphatic carboxylic acids is 1. The van der Waals surface area contributed by atoms with E-state index in [1.807, 2.05) is 0 Å². The highest BCUT2D eigenvalue weighted by Gasteiger charge is 2.25. The maximum Gasteiger partial charge on any atom is 0.306 e. The van der Waals surface area contributed by atoms with E-state index >= 15 is 0 Å². The van der Waals surface area contributed by atoms with Crippen molar-refractivity contribution >= 4 is 17.9 Å². The summed E-state index contributed by atoms with van der Waals surface area (Å²) in [6.07, 6.45) is 48.5. The molecule has 2 unspecified atom stereocenters. The molecule has 0 fully saturated rings. The molecular formula is C50H89NO7. The van der Waals surface area contributed by atoms with Crippen molar-refractivity contribution in [2.75, 3.05) is 41.0 Å². The molecular weight excluding hydrogens is 727 g/mol. The van der Waals surface area contributed by atoms with Crippen LogP contribution in [0.2, 0.25) is 0 Å². The van der Waals surface area contributed by atoms with Crippen molar-refractivity contribution in [1.82, 2.24) is 0 Å². The number of ether oxygens (including phenoxy) is 3. The number of allylic oxidation sites excluding steroid dienone is 8. The molecule has 0 saturated carbocycles. The van der Waals surface area contributed by atoms with E-state index in [0.29, 0.717) is 12.8 Å². The van der Waals surface area contributed by atoms with Crippen LogP contribution < -0.4 is 5.11 Å². The third kappa shape index (κ3) is 38.8. The molecule has 0 aliphatic rings. The highest BCUT2D eigenvalue weighted by molar-refractivity contribution is 5.70. The smallest absolute Gasteiger partial charge is 0.306 e. The van der Waals surface area contributed by atoms with Crippen LogP contribution in [0, 0.1) is 0 Å². The van der Waals surface area contributed by atoms with Crippen LogP contribution in [0.4, 0.5) is 0 Å². The molecule has 0 spiro atoms. The van der Waals surface area contributed by atoms with Crippen molar-refractivity contribution in [3.8, 4) is 0 Å². The molecule has 0 radical (unpaired) electrons. The number of unbranched alkanes of at least 4 members (excludes halogenated alkanes) is 20. The van der Waals surface area contributed by atoms with Gasteiger partial charge >= 0.3 is 11.9 Å². The number of esters is 2. The van der Waals surface area contributed by atoms with Gasteiger partial charge in [0.2, 0.25) is 0 Å². The van der Waals surface area contributed by atoms with Crippen LogP contribution in [-0.4, -0.2) is 75.5 Å². The van der Waals surface area contributed by atoms with E-state index in [1.165, 1.54) is 96.3 Å². The number of carboxylic acids is 1. The number of carbonyl (C=O) groups is 3. The Morgan fingerprint density at radius 1 is 0.517 bits per heavy atom. The van der Waals surface area contributed by atoms with Gasteiger partial charge in [0, 0.05) is 19.3 Å². The minimum atomic E-state index is -1.13. The Hall–Kier alpha value is -2.71. The lowest BCUT2D eigenvalue weighted by Crippen LogP contribution is -2.55. The number of likely N-dealkylation sites (N-methyl/N-ethyl adjacent to an activating group) is 1. The molecule has 58 heavy (non-hydrogen) atoms. The van der Waals surface area contributed by atoms with Crippen molar-refractivity contribution in [3.05, 3.63) is 48.6 Å². The normalized spacial score (nSPS) is 13.3. The standard InChI is InChI=1S/C50H89NO7/c1-6-8-10-12-14-16-18-20-21-22-23-24-25-26-27-28-29-31-33-35-37-39-41-49(53)58-46(44-56-43-42-47(50(54)55)51(3,4)5)45-57-48(52)40-38-36-34-32-30-19-17-15-13-11-9-7-2/h14-17,20-21,23-24,46-47H,6-13,18-19,22,25-45H2,1-5H3/b16-14+,17-15+,21-20+,24-23+. The van der Waals surface area contributed by atoms with E-state index in [-0.39, 0.29) is 42.7 Å². The second-order valence-electron chi connectivity index (χ2n) is 17.0. The van der Waals surface area contributed by atoms with Crippen molar-refractivity contribution in [3.63, 3.8) is 0 Å². The second kappa shape index (κ2) is 41.0. The zero-order valence-corrected chi connectivity index (χ0v) is 38.2. The fourth-order valence-corrected chi connectivity index (χ4v) is 6.72. The van der Waals surface area contributed by atoms with Gasteiger partial charge in [0.15, 0.2) is 6.10 Å². The molecule has 2 atom stereocenters. The molecule has 336 valence electrons. The van der Waals surface area contributed by atoms with Crippen LogP contribution >= 0.6 is 0 Å². The summed E-state index contributed by atoms with van der Waals surface area (Å²) in [5, 5.41) is 11.6. The zero-order valence-electron chi connectivity index (χ0n) is 38.2. The number of hydrogen-bond donors (Lipinski definition) is 0. The van der Waals surface area contributed by atoms with Crippen LogP contribution in [0.3, 0.4) is 0 Å². The first kappa shape index (κ1) is 55.3. The molecule has 8 nitrogen and oxygen atoms in total. The summed E-state index contributed by atoms with van der Waals surface area (Å²) in [5.74, 6) is -1.75. The van der Waals surface area contributed by atoms with E-state index in [0.717, 1.165) is 70.6 Å². The molecule has 0 heterocycles. The van der Waals surface area contributed by atoms with Crippen LogP contribution in [0.15, 0.2) is 48.6 Å². The summed E-state index contributed by atoms with van der Waals surface area (Å²) in [4.78, 5) is 36.9. The minimum Gasteiger partial charge on any atom is -0.544 e. The Morgan fingerprint density at radius 2 is 0.914 bits per heavy atom. The topological polar surface area (TPSA) is 102 Å². The summed E-state index contributed by atoms with van der Waals surface area (Å²) in [6, 6.07) is -0.728. The maximum absolute atomic E-state index is 12.7. The van der Waals surface area contributed by atoms with Crippen LogP contribution in [-0.2, 0) is 28.6 Å². The number of carbonyl (C=O) groups excluding carboxylic acids is 3. The van der Waals surface area contributed by atoms with Gasteiger partial charge in [-0.05, 0) is 77.0 Å². The number of nitrogens with zero attached hydrogens (tertiary/aromatic N) is 1. The van der Waals surface area contributed by atoms with E-state index in [9.17, 15) is 19.5 Å². The molecule has 0 aliphatic heterocycles. The Balaban J connectivity index is 4.27. The average molecular weight is 816 g/mol. The predicted molar refractivity (Wildman–Crippen MR) is 240 cm³/mol. The van der Waals surface area contributed by atoms with Crippen molar-refractivity contribution < 1.29 is 38.2 Å². The lowest BCUT2D eigenvalue weighted by atomic mass is 10.1. The third-order valence-electron chi connectivity index (χ3n) is 10.4. The third-order valence-corrected chi connectivity index (χ3v) is 10.4. The summed E-state index contributed by atoms with van der Waals surface area (Å²) < 4.78 is 17.2. The molecule has 0 rings (SSSR count). The van der Waals surface area contributed by atoms with E-state index in [4.69, 9.17) is 14.2 Å². The molecule has 0 bridgehead atoms. The lowest BCUT2D eigenvalue weighted by molar-refractivity contribution is -0.889. The quantitative estimate of drug-likeness (QED) is 0.0262. The monoisotopic (exact) mass is 816 g/mol. The summed E-state index contributed by atoms with van der Waals surface area (Å²) >= 11 is 0. The van der Waals surface area contributed by atoms with Gasteiger partial charge in [-0.15, -0.1) is 0 Å². The zero-order chi connectivity index (χ0) is 42.8. The lowest BCUT2D eigenvalue weighted by Gasteiger charge is -2.34. The van der Waals surface area contributed by atoms with Crippen LogP contribution in [0.5, 0.6) is 0 Å². The first-order valence-electron chi connectivity index (χ1n) is 23.7. The minimum absolute atomic E-state index is 0.0357. The Labute approximate surface area is 356 Å². The molecule has 0 saturated heterocycles. The van der Waals surface area contributed by atoms with Gasteiger partial charge in [-0.1, -0.05) is 152 Å². The Morgan fingerprint density at radius 3 is 1.36 bits per heavy atom. The first-order valence-corrected chi connectivity index (χ1v) is 23.7. The van der Waals surface area contributed by atoms with Crippen LogP contribution in [0.1, 0.15) is 200 Å². The number of quaternary nitrogens is 1. The van der Waals surface area contributed by atoms with E-state index in [1.54, 1.807) is 21.1 Å². The molecule has 8 heteroatoms. The molecule has 0 aromatic heterocycles.